The maximum absolute atomic E-state index is 12.3. The van der Waals surface area contributed by atoms with Gasteiger partial charge in [0.25, 0.3) is 5.91 Å². The Balaban J connectivity index is 2.05. The van der Waals surface area contributed by atoms with Crippen LogP contribution < -0.4 is 16.6 Å². The summed E-state index contributed by atoms with van der Waals surface area (Å²) < 4.78 is 0. The van der Waals surface area contributed by atoms with Gasteiger partial charge in [0.05, 0.1) is 11.3 Å². The van der Waals surface area contributed by atoms with Crippen molar-refractivity contribution in [3.63, 3.8) is 0 Å². The maximum Gasteiger partial charge on any atom is 0.255 e. The Morgan fingerprint density at radius 3 is 2.75 bits per heavy atom. The number of anilines is 1. The molecule has 1 aliphatic rings. The number of nitrogens with two attached hydrogens (primary N) is 1. The van der Waals surface area contributed by atoms with E-state index in [9.17, 15) is 4.79 Å². The van der Waals surface area contributed by atoms with Crippen LogP contribution in [-0.4, -0.2) is 17.4 Å². The fraction of sp³-hybridized carbons (Fsp3) is 0.600. The van der Waals surface area contributed by atoms with Crippen molar-refractivity contribution in [2.75, 3.05) is 12.0 Å². The first-order valence-corrected chi connectivity index (χ1v) is 7.32. The zero-order chi connectivity index (χ0) is 14.6. The average molecular weight is 276 g/mol. The van der Waals surface area contributed by atoms with Crippen LogP contribution in [0.2, 0.25) is 0 Å². The molecule has 1 heterocycles. The maximum atomic E-state index is 12.3. The van der Waals surface area contributed by atoms with E-state index in [2.05, 4.69) is 22.7 Å². The third-order valence-electron chi connectivity index (χ3n) is 4.48. The van der Waals surface area contributed by atoms with Crippen molar-refractivity contribution in [3.05, 3.63) is 23.5 Å². The monoisotopic (exact) mass is 276 g/mol. The van der Waals surface area contributed by atoms with Gasteiger partial charge in [-0.3, -0.25) is 15.6 Å². The van der Waals surface area contributed by atoms with Crippen LogP contribution in [0.4, 0.5) is 5.69 Å². The average Bonchev–Trinajstić information content (AvgIpc) is 2.94. The Hall–Kier alpha value is -1.62. The summed E-state index contributed by atoms with van der Waals surface area (Å²) in [5.41, 5.74) is 4.80. The molecule has 110 valence electrons. The van der Waals surface area contributed by atoms with E-state index in [0.717, 1.165) is 18.7 Å². The number of amides is 1. The number of aromatic nitrogens is 1. The van der Waals surface area contributed by atoms with Crippen LogP contribution >= 0.6 is 0 Å². The number of carbonyl (C=O) groups is 1. The first kappa shape index (κ1) is 14.8. The lowest BCUT2D eigenvalue weighted by molar-refractivity contribution is 0.0929. The van der Waals surface area contributed by atoms with Crippen molar-refractivity contribution in [1.82, 2.24) is 10.3 Å². The molecule has 2 rings (SSSR count). The predicted molar refractivity (Wildman–Crippen MR) is 80.3 cm³/mol. The van der Waals surface area contributed by atoms with Gasteiger partial charge in [0.1, 0.15) is 0 Å². The van der Waals surface area contributed by atoms with Gasteiger partial charge < -0.3 is 10.7 Å². The quantitative estimate of drug-likeness (QED) is 0.570. The summed E-state index contributed by atoms with van der Waals surface area (Å²) in [7, 11) is 0. The van der Waals surface area contributed by atoms with Gasteiger partial charge in [-0.15, -0.1) is 0 Å². The number of pyridine rings is 1. The zero-order valence-electron chi connectivity index (χ0n) is 12.3. The smallest absolute Gasteiger partial charge is 0.255 e. The molecule has 1 amide bonds. The fourth-order valence-corrected chi connectivity index (χ4v) is 3.00. The molecule has 0 atom stereocenters. The number of hydrogen-bond acceptors (Lipinski definition) is 4. The van der Waals surface area contributed by atoms with Crippen molar-refractivity contribution in [2.24, 2.45) is 11.3 Å². The van der Waals surface area contributed by atoms with Crippen molar-refractivity contribution >= 4 is 11.6 Å². The zero-order valence-corrected chi connectivity index (χ0v) is 12.3. The van der Waals surface area contributed by atoms with E-state index in [-0.39, 0.29) is 11.3 Å². The number of carbonyl (C=O) groups excluding carboxylic acids is 1. The summed E-state index contributed by atoms with van der Waals surface area (Å²) in [6.07, 6.45) is 7.64. The van der Waals surface area contributed by atoms with E-state index in [4.69, 9.17) is 5.84 Å². The highest BCUT2D eigenvalue weighted by atomic mass is 16.1. The largest absolute Gasteiger partial charge is 0.351 e. The van der Waals surface area contributed by atoms with E-state index < -0.39 is 0 Å². The molecular weight excluding hydrogens is 252 g/mol. The molecule has 0 bridgehead atoms. The van der Waals surface area contributed by atoms with Gasteiger partial charge in [-0.2, -0.15) is 0 Å². The van der Waals surface area contributed by atoms with Gasteiger partial charge in [0.2, 0.25) is 0 Å². The van der Waals surface area contributed by atoms with E-state index >= 15 is 0 Å². The minimum atomic E-state index is -0.106. The summed E-state index contributed by atoms with van der Waals surface area (Å²) in [5.74, 6) is 5.36. The number of nitrogen functional groups attached to an aromatic ring is 1. The first-order chi connectivity index (χ1) is 9.60. The normalized spacial score (nSPS) is 16.9. The van der Waals surface area contributed by atoms with E-state index in [1.54, 1.807) is 12.3 Å². The molecule has 0 radical (unpaired) electrons. The second kappa shape index (κ2) is 6.22. The van der Waals surface area contributed by atoms with Gasteiger partial charge in [-0.25, -0.2) is 0 Å². The van der Waals surface area contributed by atoms with Crippen molar-refractivity contribution in [3.8, 4) is 0 Å². The fourth-order valence-electron chi connectivity index (χ4n) is 3.00. The predicted octanol–water partition coefficient (Wildman–Crippen LogP) is 2.38. The molecule has 0 aromatic carbocycles. The molecule has 1 aromatic heterocycles. The van der Waals surface area contributed by atoms with Crippen molar-refractivity contribution in [1.29, 1.82) is 0 Å². The highest BCUT2D eigenvalue weighted by Crippen LogP contribution is 2.40. The molecule has 4 N–H and O–H groups in total. The highest BCUT2D eigenvalue weighted by Gasteiger charge is 2.32. The second-order valence-electron chi connectivity index (χ2n) is 5.76. The Labute approximate surface area is 120 Å². The van der Waals surface area contributed by atoms with Crippen LogP contribution in [0.15, 0.2) is 12.3 Å². The van der Waals surface area contributed by atoms with Crippen LogP contribution in [0.25, 0.3) is 0 Å². The lowest BCUT2D eigenvalue weighted by Gasteiger charge is -2.27. The van der Waals surface area contributed by atoms with Crippen LogP contribution in [0.1, 0.15) is 55.1 Å². The minimum Gasteiger partial charge on any atom is -0.351 e. The molecule has 5 heteroatoms. The van der Waals surface area contributed by atoms with Gasteiger partial charge in [-0.05, 0) is 37.7 Å². The van der Waals surface area contributed by atoms with Crippen LogP contribution in [0, 0.1) is 12.3 Å². The lowest BCUT2D eigenvalue weighted by atomic mass is 9.83. The number of hydrazine groups is 1. The number of hydrogen-bond donors (Lipinski definition) is 3. The Kier molecular flexibility index (Phi) is 4.60. The molecule has 5 nitrogen and oxygen atoms in total. The first-order valence-electron chi connectivity index (χ1n) is 7.32. The molecule has 0 saturated heterocycles. The standard InChI is InChI=1S/C15H24N4O/c1-3-15(6-4-5-7-15)10-18-14(20)12-9-17-11(2)8-13(12)19-16/h8-9H,3-7,10,16H2,1-2H3,(H,17,19)(H,18,20). The molecule has 20 heavy (non-hydrogen) atoms. The molecule has 0 unspecified atom stereocenters. The van der Waals surface area contributed by atoms with E-state index in [1.807, 2.05) is 6.92 Å². The summed E-state index contributed by atoms with van der Waals surface area (Å²) in [4.78, 5) is 16.5. The van der Waals surface area contributed by atoms with Gasteiger partial charge in [0, 0.05) is 18.4 Å². The number of rotatable bonds is 5. The summed E-state index contributed by atoms with van der Waals surface area (Å²) >= 11 is 0. The number of nitrogens with one attached hydrogen (secondary N) is 2. The Morgan fingerprint density at radius 1 is 1.45 bits per heavy atom. The number of aryl methyl sites for hydroxylation is 1. The molecular formula is C15H24N4O. The topological polar surface area (TPSA) is 80.0 Å². The van der Waals surface area contributed by atoms with Crippen LogP contribution in [-0.2, 0) is 0 Å². The SMILES string of the molecule is CCC1(CNC(=O)c2cnc(C)cc2NN)CCCC1. The third-order valence-corrected chi connectivity index (χ3v) is 4.48. The Morgan fingerprint density at radius 2 is 2.15 bits per heavy atom. The minimum absolute atomic E-state index is 0.106. The Bertz CT molecular complexity index is 481. The molecule has 0 spiro atoms. The second-order valence-corrected chi connectivity index (χ2v) is 5.76. The summed E-state index contributed by atoms with van der Waals surface area (Å²) in [6.45, 7) is 4.81. The van der Waals surface area contributed by atoms with E-state index in [1.165, 1.54) is 25.7 Å². The van der Waals surface area contributed by atoms with Crippen molar-refractivity contribution < 1.29 is 4.79 Å². The number of nitrogens with zero attached hydrogens (tertiary/aromatic N) is 1. The molecule has 1 aromatic rings. The molecule has 1 fully saturated rings. The molecule has 1 saturated carbocycles. The van der Waals surface area contributed by atoms with Gasteiger partial charge in [0.15, 0.2) is 0 Å². The van der Waals surface area contributed by atoms with Gasteiger partial charge >= 0.3 is 0 Å². The van der Waals surface area contributed by atoms with Crippen LogP contribution in [0.3, 0.4) is 0 Å². The van der Waals surface area contributed by atoms with Crippen LogP contribution in [0.5, 0.6) is 0 Å². The van der Waals surface area contributed by atoms with Crippen molar-refractivity contribution in [2.45, 2.75) is 46.0 Å². The highest BCUT2D eigenvalue weighted by molar-refractivity contribution is 5.99. The molecule has 0 aliphatic heterocycles. The van der Waals surface area contributed by atoms with Gasteiger partial charge in [-0.1, -0.05) is 19.8 Å². The molecule has 1 aliphatic carbocycles. The third kappa shape index (κ3) is 3.10. The summed E-state index contributed by atoms with van der Waals surface area (Å²) in [5, 5.41) is 3.05. The lowest BCUT2D eigenvalue weighted by Crippen LogP contribution is -2.36. The summed E-state index contributed by atoms with van der Waals surface area (Å²) in [6, 6.07) is 1.78. The van der Waals surface area contributed by atoms with E-state index in [0.29, 0.717) is 11.3 Å².